The highest BCUT2D eigenvalue weighted by Crippen LogP contribution is 2.22. The second kappa shape index (κ2) is 5.88. The van der Waals surface area contributed by atoms with Crippen molar-refractivity contribution >= 4 is 21.8 Å². The number of benzene rings is 1. The number of carbonyl (C=O) groups excluding carboxylic acids is 1. The minimum atomic E-state index is 0.000697. The number of carbonyl (C=O) groups is 1. The van der Waals surface area contributed by atoms with E-state index in [2.05, 4.69) is 26.6 Å². The molecule has 0 aliphatic heterocycles. The van der Waals surface area contributed by atoms with Gasteiger partial charge in [0.1, 0.15) is 0 Å². The summed E-state index contributed by atoms with van der Waals surface area (Å²) in [5.74, 6) is 0.000697. The second-order valence-electron chi connectivity index (χ2n) is 3.34. The van der Waals surface area contributed by atoms with Crippen molar-refractivity contribution in [2.45, 2.75) is 13.0 Å². The van der Waals surface area contributed by atoms with Crippen LogP contribution in [0.5, 0.6) is 0 Å². The molecule has 0 aliphatic carbocycles. The third-order valence-corrected chi connectivity index (χ3v) is 2.81. The van der Waals surface area contributed by atoms with Crippen LogP contribution in [0.2, 0.25) is 0 Å². The third-order valence-electron chi connectivity index (χ3n) is 2.09. The van der Waals surface area contributed by atoms with E-state index in [0.29, 0.717) is 6.54 Å². The molecule has 1 aromatic rings. The van der Waals surface area contributed by atoms with Gasteiger partial charge in [0.2, 0.25) is 5.91 Å². The zero-order valence-corrected chi connectivity index (χ0v) is 10.5. The van der Waals surface area contributed by atoms with E-state index in [-0.39, 0.29) is 11.9 Å². The van der Waals surface area contributed by atoms with Gasteiger partial charge in [0.25, 0.3) is 0 Å². The van der Waals surface area contributed by atoms with Gasteiger partial charge in [-0.3, -0.25) is 4.79 Å². The van der Waals surface area contributed by atoms with E-state index >= 15 is 0 Å². The van der Waals surface area contributed by atoms with Crippen LogP contribution in [0, 0.1) is 0 Å². The van der Waals surface area contributed by atoms with E-state index in [1.807, 2.05) is 31.2 Å². The average molecular weight is 271 g/mol. The van der Waals surface area contributed by atoms with Crippen LogP contribution in [0.1, 0.15) is 18.5 Å². The molecule has 0 aliphatic rings. The summed E-state index contributed by atoms with van der Waals surface area (Å²) in [6.07, 6.45) is 0. The fourth-order valence-electron chi connectivity index (χ4n) is 1.36. The van der Waals surface area contributed by atoms with Crippen LogP contribution in [0.3, 0.4) is 0 Å². The van der Waals surface area contributed by atoms with Gasteiger partial charge < -0.3 is 10.6 Å². The van der Waals surface area contributed by atoms with Crippen molar-refractivity contribution < 1.29 is 4.79 Å². The largest absolute Gasteiger partial charge is 0.348 e. The van der Waals surface area contributed by atoms with Gasteiger partial charge in [-0.25, -0.2) is 0 Å². The Kier molecular flexibility index (Phi) is 4.78. The molecule has 0 fully saturated rings. The summed E-state index contributed by atoms with van der Waals surface area (Å²) in [6, 6.07) is 7.89. The molecule has 2 N–H and O–H groups in total. The summed E-state index contributed by atoms with van der Waals surface area (Å²) in [5, 5.41) is 5.72. The van der Waals surface area contributed by atoms with Crippen molar-refractivity contribution in [3.8, 4) is 0 Å². The lowest BCUT2D eigenvalue weighted by Gasteiger charge is -2.15. The first-order chi connectivity index (χ1) is 7.15. The Hall–Kier alpha value is -0.870. The van der Waals surface area contributed by atoms with Crippen LogP contribution < -0.4 is 10.6 Å². The maximum Gasteiger partial charge on any atom is 0.234 e. The van der Waals surface area contributed by atoms with Crippen LogP contribution in [-0.4, -0.2) is 19.5 Å². The lowest BCUT2D eigenvalue weighted by Crippen LogP contribution is -2.34. The van der Waals surface area contributed by atoms with E-state index in [9.17, 15) is 4.79 Å². The highest BCUT2D eigenvalue weighted by atomic mass is 79.9. The molecule has 0 radical (unpaired) electrons. The molecule has 82 valence electrons. The summed E-state index contributed by atoms with van der Waals surface area (Å²) in [7, 11) is 1.75. The van der Waals surface area contributed by atoms with Crippen LogP contribution >= 0.6 is 15.9 Å². The summed E-state index contributed by atoms with van der Waals surface area (Å²) >= 11 is 3.46. The number of likely N-dealkylation sites (N-methyl/N-ethyl adjacent to an activating group) is 1. The Morgan fingerprint density at radius 1 is 1.47 bits per heavy atom. The Balaban J connectivity index is 2.65. The van der Waals surface area contributed by atoms with Gasteiger partial charge in [0.15, 0.2) is 0 Å². The number of hydrogen-bond acceptors (Lipinski definition) is 2. The zero-order valence-electron chi connectivity index (χ0n) is 8.88. The molecule has 4 heteroatoms. The molecule has 0 bridgehead atoms. The first kappa shape index (κ1) is 12.2. The first-order valence-corrected chi connectivity index (χ1v) is 5.63. The van der Waals surface area contributed by atoms with Gasteiger partial charge in [-0.05, 0) is 25.6 Å². The van der Waals surface area contributed by atoms with Crippen LogP contribution in [0.25, 0.3) is 0 Å². The molecule has 1 amide bonds. The van der Waals surface area contributed by atoms with Crippen molar-refractivity contribution in [1.82, 2.24) is 10.6 Å². The fraction of sp³-hybridized carbons (Fsp3) is 0.364. The maximum atomic E-state index is 11.3. The monoisotopic (exact) mass is 270 g/mol. The predicted octanol–water partition coefficient (Wildman–Crippen LogP) is 1.85. The Morgan fingerprint density at radius 3 is 2.73 bits per heavy atom. The molecule has 1 rings (SSSR count). The maximum absolute atomic E-state index is 11.3. The van der Waals surface area contributed by atoms with Crippen LogP contribution in [-0.2, 0) is 4.79 Å². The van der Waals surface area contributed by atoms with Crippen molar-refractivity contribution in [1.29, 1.82) is 0 Å². The molecule has 15 heavy (non-hydrogen) atoms. The molecule has 3 nitrogen and oxygen atoms in total. The molecule has 0 unspecified atom stereocenters. The molecule has 0 saturated heterocycles. The minimum absolute atomic E-state index is 0.000697. The molecular weight excluding hydrogens is 256 g/mol. The predicted molar refractivity (Wildman–Crippen MR) is 64.6 cm³/mol. The molecule has 0 spiro atoms. The minimum Gasteiger partial charge on any atom is -0.348 e. The molecule has 0 saturated carbocycles. The van der Waals surface area contributed by atoms with Gasteiger partial charge in [-0.2, -0.15) is 0 Å². The lowest BCUT2D eigenvalue weighted by molar-refractivity contribution is -0.120. The van der Waals surface area contributed by atoms with E-state index < -0.39 is 0 Å². The lowest BCUT2D eigenvalue weighted by atomic mass is 10.1. The smallest absolute Gasteiger partial charge is 0.234 e. The van der Waals surface area contributed by atoms with E-state index in [4.69, 9.17) is 0 Å². The molecular formula is C11H15BrN2O. The highest BCUT2D eigenvalue weighted by Gasteiger charge is 2.10. The molecule has 0 heterocycles. The third kappa shape index (κ3) is 3.64. The first-order valence-electron chi connectivity index (χ1n) is 4.83. The topological polar surface area (TPSA) is 41.1 Å². The van der Waals surface area contributed by atoms with Gasteiger partial charge in [0, 0.05) is 4.47 Å². The quantitative estimate of drug-likeness (QED) is 0.877. The number of rotatable bonds is 4. The number of halogens is 1. The van der Waals surface area contributed by atoms with Crippen molar-refractivity contribution in [3.63, 3.8) is 0 Å². The average Bonchev–Trinajstić information content (AvgIpc) is 2.18. The van der Waals surface area contributed by atoms with E-state index in [0.717, 1.165) is 10.0 Å². The Morgan fingerprint density at radius 2 is 2.13 bits per heavy atom. The summed E-state index contributed by atoms with van der Waals surface area (Å²) in [4.78, 5) is 11.3. The van der Waals surface area contributed by atoms with Crippen LogP contribution in [0.4, 0.5) is 0 Å². The number of amides is 1. The van der Waals surface area contributed by atoms with Gasteiger partial charge >= 0.3 is 0 Å². The number of nitrogens with one attached hydrogen (secondary N) is 2. The SMILES string of the molecule is CNCC(=O)N[C@@H](C)c1ccccc1Br. The highest BCUT2D eigenvalue weighted by molar-refractivity contribution is 9.10. The molecule has 1 aromatic carbocycles. The van der Waals surface area contributed by atoms with E-state index in [1.54, 1.807) is 7.05 Å². The van der Waals surface area contributed by atoms with Crippen molar-refractivity contribution in [2.24, 2.45) is 0 Å². The standard InChI is InChI=1S/C11H15BrN2O/c1-8(14-11(15)7-13-2)9-5-3-4-6-10(9)12/h3-6,8,13H,7H2,1-2H3,(H,14,15)/t8-/m0/s1. The summed E-state index contributed by atoms with van der Waals surface area (Å²) < 4.78 is 1.02. The summed E-state index contributed by atoms with van der Waals surface area (Å²) in [6.45, 7) is 2.31. The zero-order chi connectivity index (χ0) is 11.3. The Bertz CT molecular complexity index is 341. The molecule has 0 aromatic heterocycles. The summed E-state index contributed by atoms with van der Waals surface area (Å²) in [5.41, 5.74) is 1.09. The number of hydrogen-bond donors (Lipinski definition) is 2. The Labute approximate surface area is 98.4 Å². The van der Waals surface area contributed by atoms with Crippen molar-refractivity contribution in [3.05, 3.63) is 34.3 Å². The van der Waals surface area contributed by atoms with Gasteiger partial charge in [-0.1, -0.05) is 34.1 Å². The van der Waals surface area contributed by atoms with Gasteiger partial charge in [-0.15, -0.1) is 0 Å². The molecule has 1 atom stereocenters. The van der Waals surface area contributed by atoms with Crippen molar-refractivity contribution in [2.75, 3.05) is 13.6 Å². The normalized spacial score (nSPS) is 12.2. The second-order valence-corrected chi connectivity index (χ2v) is 4.20. The van der Waals surface area contributed by atoms with E-state index in [1.165, 1.54) is 0 Å². The fourth-order valence-corrected chi connectivity index (χ4v) is 1.99. The van der Waals surface area contributed by atoms with Gasteiger partial charge in [0.05, 0.1) is 12.6 Å². The van der Waals surface area contributed by atoms with Crippen LogP contribution in [0.15, 0.2) is 28.7 Å².